The molecule has 0 atom stereocenters. The van der Waals surface area contributed by atoms with Gasteiger partial charge in [0.1, 0.15) is 24.4 Å². The largest absolute Gasteiger partial charge is 0.333 e. The Morgan fingerprint density at radius 1 is 1.53 bits per heavy atom. The molecule has 7 nitrogen and oxygen atoms in total. The second-order valence-corrected chi connectivity index (χ2v) is 5.29. The van der Waals surface area contributed by atoms with E-state index in [1.807, 2.05) is 0 Å². The first-order valence-corrected chi connectivity index (χ1v) is 5.96. The number of ketones is 1. The van der Waals surface area contributed by atoms with Crippen molar-refractivity contribution >= 4 is 13.4 Å². The highest BCUT2D eigenvalue weighted by molar-refractivity contribution is 7.52. The third-order valence-corrected chi connectivity index (χ3v) is 2.72. The molecule has 0 saturated carbocycles. The standard InChI is InChI=1S/C7H12N3O4P/c1-7(2,10-5-8-4-9-10)6(11)3-15(12,13)14/h4-5H,3H2,1-2H3,(H2,12,13,14). The van der Waals surface area contributed by atoms with Gasteiger partial charge in [0.2, 0.25) is 0 Å². The molecule has 1 aromatic rings. The van der Waals surface area contributed by atoms with Crippen LogP contribution in [0.5, 0.6) is 0 Å². The number of rotatable bonds is 4. The minimum atomic E-state index is -4.33. The van der Waals surface area contributed by atoms with E-state index in [1.54, 1.807) is 0 Å². The maximum atomic E-state index is 11.6. The molecule has 0 unspecified atom stereocenters. The van der Waals surface area contributed by atoms with Crippen LogP contribution in [0, 0.1) is 0 Å². The zero-order valence-corrected chi connectivity index (χ0v) is 9.26. The SMILES string of the molecule is CC(C)(C(=O)CP(=O)(O)O)n1cncn1. The van der Waals surface area contributed by atoms with Crippen molar-refractivity contribution in [2.24, 2.45) is 0 Å². The summed E-state index contributed by atoms with van der Waals surface area (Å²) in [5.74, 6) is -0.582. The Balaban J connectivity index is 2.88. The zero-order chi connectivity index (χ0) is 11.7. The highest BCUT2D eigenvalue weighted by Crippen LogP contribution is 2.36. The van der Waals surface area contributed by atoms with Crippen molar-refractivity contribution in [1.82, 2.24) is 14.8 Å². The van der Waals surface area contributed by atoms with Crippen LogP contribution >= 0.6 is 7.60 Å². The first-order chi connectivity index (χ1) is 6.73. The highest BCUT2D eigenvalue weighted by atomic mass is 31.2. The Morgan fingerprint density at radius 2 is 2.13 bits per heavy atom. The zero-order valence-electron chi connectivity index (χ0n) is 8.36. The fraction of sp³-hybridized carbons (Fsp3) is 0.571. The summed E-state index contributed by atoms with van der Waals surface area (Å²) in [6.45, 7) is 3.05. The number of Topliss-reactive ketones (excluding diaryl/α,β-unsaturated/α-hetero) is 1. The second-order valence-electron chi connectivity index (χ2n) is 3.65. The molecule has 1 aromatic heterocycles. The minimum Gasteiger partial charge on any atom is -0.324 e. The van der Waals surface area contributed by atoms with Gasteiger partial charge in [-0.05, 0) is 13.8 Å². The molecule has 0 aliphatic rings. The lowest BCUT2D eigenvalue weighted by Crippen LogP contribution is -2.38. The average molecular weight is 233 g/mol. The second kappa shape index (κ2) is 3.84. The normalized spacial score (nSPS) is 12.8. The van der Waals surface area contributed by atoms with Gasteiger partial charge in [0.25, 0.3) is 0 Å². The van der Waals surface area contributed by atoms with Gasteiger partial charge in [-0.15, -0.1) is 0 Å². The van der Waals surface area contributed by atoms with Crippen molar-refractivity contribution in [3.05, 3.63) is 12.7 Å². The Hall–Kier alpha value is -1.04. The van der Waals surface area contributed by atoms with Crippen LogP contribution in [-0.2, 0) is 14.9 Å². The van der Waals surface area contributed by atoms with E-state index in [9.17, 15) is 9.36 Å². The average Bonchev–Trinajstić information content (AvgIpc) is 2.52. The molecule has 2 N–H and O–H groups in total. The van der Waals surface area contributed by atoms with E-state index in [0.29, 0.717) is 0 Å². The van der Waals surface area contributed by atoms with Crippen molar-refractivity contribution in [1.29, 1.82) is 0 Å². The number of carbonyl (C=O) groups excluding carboxylic acids is 1. The molecule has 0 spiro atoms. The van der Waals surface area contributed by atoms with Gasteiger partial charge in [0.05, 0.1) is 0 Å². The lowest BCUT2D eigenvalue weighted by molar-refractivity contribution is -0.124. The van der Waals surface area contributed by atoms with Gasteiger partial charge in [0, 0.05) is 0 Å². The lowest BCUT2D eigenvalue weighted by Gasteiger charge is -2.23. The predicted octanol–water partition coefficient (Wildman–Crippen LogP) is -0.240. The topological polar surface area (TPSA) is 105 Å². The molecule has 1 rings (SSSR count). The monoisotopic (exact) mass is 233 g/mol. The third kappa shape index (κ3) is 2.95. The summed E-state index contributed by atoms with van der Waals surface area (Å²) in [7, 11) is -4.33. The summed E-state index contributed by atoms with van der Waals surface area (Å²) in [5, 5.41) is 3.77. The molecule has 1 heterocycles. The van der Waals surface area contributed by atoms with E-state index in [-0.39, 0.29) is 0 Å². The van der Waals surface area contributed by atoms with Crippen LogP contribution in [-0.4, -0.2) is 36.5 Å². The molecule has 84 valence electrons. The van der Waals surface area contributed by atoms with Gasteiger partial charge in [0.15, 0.2) is 5.78 Å². The van der Waals surface area contributed by atoms with Crippen molar-refractivity contribution in [2.45, 2.75) is 19.4 Å². The number of hydrogen-bond donors (Lipinski definition) is 2. The van der Waals surface area contributed by atoms with Crippen LogP contribution in [0.25, 0.3) is 0 Å². The first kappa shape index (κ1) is 12.0. The smallest absolute Gasteiger partial charge is 0.324 e. The molecule has 0 radical (unpaired) electrons. The molecular formula is C7H12N3O4P. The summed E-state index contributed by atoms with van der Waals surface area (Å²) >= 11 is 0. The van der Waals surface area contributed by atoms with Crippen LogP contribution in [0.3, 0.4) is 0 Å². The molecule has 0 bridgehead atoms. The van der Waals surface area contributed by atoms with Gasteiger partial charge < -0.3 is 9.79 Å². The fourth-order valence-corrected chi connectivity index (χ4v) is 1.77. The molecule has 0 fully saturated rings. The number of hydrogen-bond acceptors (Lipinski definition) is 4. The maximum Gasteiger partial charge on any atom is 0.333 e. The first-order valence-electron chi connectivity index (χ1n) is 4.16. The number of aromatic nitrogens is 3. The van der Waals surface area contributed by atoms with E-state index in [4.69, 9.17) is 9.79 Å². The summed E-state index contributed by atoms with van der Waals surface area (Å²) in [6, 6.07) is 0. The minimum absolute atomic E-state index is 0.582. The Kier molecular flexibility index (Phi) is 3.08. The summed E-state index contributed by atoms with van der Waals surface area (Å²) in [6.07, 6.45) is 1.80. The lowest BCUT2D eigenvalue weighted by atomic mass is 10.0. The molecule has 0 saturated heterocycles. The Bertz CT molecular complexity index is 394. The molecular weight excluding hydrogens is 221 g/mol. The quantitative estimate of drug-likeness (QED) is 0.695. The van der Waals surface area contributed by atoms with Crippen molar-refractivity contribution in [2.75, 3.05) is 6.16 Å². The summed E-state index contributed by atoms with van der Waals surface area (Å²) in [4.78, 5) is 32.7. The predicted molar refractivity (Wildman–Crippen MR) is 51.3 cm³/mol. The molecule has 0 aliphatic heterocycles. The summed E-state index contributed by atoms with van der Waals surface area (Å²) in [5.41, 5.74) is -1.10. The third-order valence-electron chi connectivity index (χ3n) is 2.02. The van der Waals surface area contributed by atoms with Crippen LogP contribution < -0.4 is 0 Å². The van der Waals surface area contributed by atoms with Crippen molar-refractivity contribution in [3.63, 3.8) is 0 Å². The highest BCUT2D eigenvalue weighted by Gasteiger charge is 2.34. The van der Waals surface area contributed by atoms with E-state index in [2.05, 4.69) is 10.1 Å². The molecule has 8 heteroatoms. The number of nitrogens with zero attached hydrogens (tertiary/aromatic N) is 3. The summed E-state index contributed by atoms with van der Waals surface area (Å²) < 4.78 is 12.0. The van der Waals surface area contributed by atoms with Gasteiger partial charge >= 0.3 is 7.60 Å². The molecule has 15 heavy (non-hydrogen) atoms. The molecule has 0 aromatic carbocycles. The van der Waals surface area contributed by atoms with Crippen molar-refractivity contribution < 1.29 is 19.1 Å². The Labute approximate surface area is 86.3 Å². The van der Waals surface area contributed by atoms with Crippen LogP contribution in [0.4, 0.5) is 0 Å². The van der Waals surface area contributed by atoms with Crippen LogP contribution in [0.2, 0.25) is 0 Å². The van der Waals surface area contributed by atoms with Gasteiger partial charge in [-0.2, -0.15) is 5.10 Å². The van der Waals surface area contributed by atoms with Gasteiger partial charge in [-0.3, -0.25) is 9.36 Å². The maximum absolute atomic E-state index is 11.6. The Morgan fingerprint density at radius 3 is 2.53 bits per heavy atom. The van der Waals surface area contributed by atoms with E-state index >= 15 is 0 Å². The number of carbonyl (C=O) groups is 1. The van der Waals surface area contributed by atoms with Gasteiger partial charge in [-0.25, -0.2) is 9.67 Å². The molecule has 0 amide bonds. The van der Waals surface area contributed by atoms with E-state index < -0.39 is 25.1 Å². The van der Waals surface area contributed by atoms with Crippen LogP contribution in [0.1, 0.15) is 13.8 Å². The van der Waals surface area contributed by atoms with Crippen molar-refractivity contribution in [3.8, 4) is 0 Å². The van der Waals surface area contributed by atoms with E-state index in [1.165, 1.54) is 31.2 Å². The fourth-order valence-electron chi connectivity index (χ4n) is 1.01. The van der Waals surface area contributed by atoms with Gasteiger partial charge in [-0.1, -0.05) is 0 Å². The van der Waals surface area contributed by atoms with E-state index in [0.717, 1.165) is 0 Å². The van der Waals surface area contributed by atoms with Crippen LogP contribution in [0.15, 0.2) is 12.7 Å². The molecule has 0 aliphatic carbocycles.